The summed E-state index contributed by atoms with van der Waals surface area (Å²) in [5.74, 6) is -0.0679. The lowest BCUT2D eigenvalue weighted by Crippen LogP contribution is -2.35. The second-order valence-corrected chi connectivity index (χ2v) is 8.44. The molecule has 2 rings (SSSR count). The van der Waals surface area contributed by atoms with Crippen LogP contribution in [0.3, 0.4) is 0 Å². The van der Waals surface area contributed by atoms with Gasteiger partial charge in [-0.25, -0.2) is 4.79 Å². The number of esters is 1. The van der Waals surface area contributed by atoms with Crippen LogP contribution in [0.15, 0.2) is 24.3 Å². The van der Waals surface area contributed by atoms with Crippen molar-refractivity contribution in [1.82, 2.24) is 0 Å². The Labute approximate surface area is 147 Å². The third-order valence-corrected chi connectivity index (χ3v) is 5.39. The Kier molecular flexibility index (Phi) is 5.27. The second-order valence-electron chi connectivity index (χ2n) is 8.44. The van der Waals surface area contributed by atoms with Gasteiger partial charge in [-0.05, 0) is 60.1 Å². The number of fused-ring (bicyclic) bond motifs is 1. The third kappa shape index (κ3) is 3.74. The van der Waals surface area contributed by atoms with Crippen LogP contribution in [0.5, 0.6) is 0 Å². The number of hydrogen-bond donors (Lipinski definition) is 0. The number of ether oxygens (including phenoxy) is 1. The average Bonchev–Trinajstić information content (AvgIpc) is 2.49. The van der Waals surface area contributed by atoms with Gasteiger partial charge in [0.2, 0.25) is 0 Å². The van der Waals surface area contributed by atoms with Gasteiger partial charge in [-0.1, -0.05) is 58.4 Å². The van der Waals surface area contributed by atoms with Gasteiger partial charge in [0, 0.05) is 6.08 Å². The Bertz CT molecular complexity index is 650. The molecule has 1 unspecified atom stereocenters. The van der Waals surface area contributed by atoms with Gasteiger partial charge in [0.25, 0.3) is 0 Å². The number of rotatable bonds is 4. The van der Waals surface area contributed by atoms with E-state index >= 15 is 0 Å². The SMILES string of the molecule is CCOC(=O)/C=C/C(C)c1cc(C)cc2c1C(C)(C)CCC2(C)C. The van der Waals surface area contributed by atoms with E-state index in [1.807, 2.05) is 13.0 Å². The fraction of sp³-hybridized carbons (Fsp3) is 0.591. The fourth-order valence-corrected chi connectivity index (χ4v) is 3.86. The predicted octanol–water partition coefficient (Wildman–Crippen LogP) is 5.57. The lowest BCUT2D eigenvalue weighted by molar-refractivity contribution is -0.137. The lowest BCUT2D eigenvalue weighted by Gasteiger charge is -2.44. The summed E-state index contributed by atoms with van der Waals surface area (Å²) in [6.45, 7) is 16.0. The topological polar surface area (TPSA) is 26.3 Å². The van der Waals surface area contributed by atoms with Crippen LogP contribution in [0, 0.1) is 6.92 Å². The molecule has 0 amide bonds. The summed E-state index contributed by atoms with van der Waals surface area (Å²) in [7, 11) is 0. The van der Waals surface area contributed by atoms with Gasteiger partial charge in [-0.3, -0.25) is 0 Å². The van der Waals surface area contributed by atoms with E-state index in [9.17, 15) is 4.79 Å². The van der Waals surface area contributed by atoms with Crippen molar-refractivity contribution in [3.05, 3.63) is 46.5 Å². The summed E-state index contributed by atoms with van der Waals surface area (Å²) in [4.78, 5) is 11.7. The monoisotopic (exact) mass is 328 g/mol. The molecule has 24 heavy (non-hydrogen) atoms. The molecule has 2 heteroatoms. The molecule has 1 atom stereocenters. The number of aryl methyl sites for hydroxylation is 1. The van der Waals surface area contributed by atoms with Crippen molar-refractivity contribution in [2.24, 2.45) is 0 Å². The summed E-state index contributed by atoms with van der Waals surface area (Å²) < 4.78 is 5.01. The van der Waals surface area contributed by atoms with Crippen LogP contribution >= 0.6 is 0 Å². The molecule has 2 nitrogen and oxygen atoms in total. The minimum Gasteiger partial charge on any atom is -0.463 e. The maximum absolute atomic E-state index is 11.7. The first-order valence-corrected chi connectivity index (χ1v) is 9.09. The van der Waals surface area contributed by atoms with E-state index in [1.165, 1.54) is 35.1 Å². The first-order chi connectivity index (χ1) is 11.1. The molecule has 0 aliphatic heterocycles. The number of benzene rings is 1. The standard InChI is InChI=1S/C22H32O2/c1-8-24-19(23)10-9-16(3)17-13-15(2)14-18-20(17)22(6,7)12-11-21(18,4)5/h9-10,13-14,16H,8,11-12H2,1-7H3/b10-9+. The molecular formula is C22H32O2. The molecule has 0 aromatic heterocycles. The fourth-order valence-electron chi connectivity index (χ4n) is 3.86. The van der Waals surface area contributed by atoms with E-state index < -0.39 is 0 Å². The van der Waals surface area contributed by atoms with Crippen LogP contribution in [-0.2, 0) is 20.4 Å². The van der Waals surface area contributed by atoms with E-state index in [4.69, 9.17) is 4.74 Å². The molecule has 0 saturated carbocycles. The van der Waals surface area contributed by atoms with Crippen molar-refractivity contribution in [3.8, 4) is 0 Å². The first-order valence-electron chi connectivity index (χ1n) is 9.09. The van der Waals surface area contributed by atoms with Gasteiger partial charge < -0.3 is 4.74 Å². The molecule has 1 aromatic carbocycles. The summed E-state index contributed by atoms with van der Waals surface area (Å²) >= 11 is 0. The highest BCUT2D eigenvalue weighted by Gasteiger charge is 2.39. The maximum Gasteiger partial charge on any atom is 0.330 e. The minimum absolute atomic E-state index is 0.167. The minimum atomic E-state index is -0.259. The van der Waals surface area contributed by atoms with E-state index in [0.717, 1.165) is 0 Å². The molecule has 0 fully saturated rings. The summed E-state index contributed by atoms with van der Waals surface area (Å²) in [5.41, 5.74) is 5.97. The van der Waals surface area contributed by atoms with Crippen molar-refractivity contribution in [3.63, 3.8) is 0 Å². The van der Waals surface area contributed by atoms with Gasteiger partial charge in [0.15, 0.2) is 0 Å². The van der Waals surface area contributed by atoms with E-state index in [-0.39, 0.29) is 22.7 Å². The van der Waals surface area contributed by atoms with Crippen LogP contribution < -0.4 is 0 Å². The molecule has 0 bridgehead atoms. The number of carbonyl (C=O) groups excluding carboxylic acids is 1. The molecule has 0 N–H and O–H groups in total. The zero-order valence-electron chi connectivity index (χ0n) is 16.3. The summed E-state index contributed by atoms with van der Waals surface area (Å²) in [6, 6.07) is 4.66. The molecule has 1 aliphatic carbocycles. The van der Waals surface area contributed by atoms with E-state index in [1.54, 1.807) is 6.08 Å². The van der Waals surface area contributed by atoms with Gasteiger partial charge in [0.05, 0.1) is 6.61 Å². The van der Waals surface area contributed by atoms with Crippen LogP contribution in [0.1, 0.15) is 82.6 Å². The molecule has 0 heterocycles. The normalized spacial score (nSPS) is 19.8. The Hall–Kier alpha value is -1.57. The average molecular weight is 328 g/mol. The molecule has 1 aromatic rings. The Morgan fingerprint density at radius 1 is 1.21 bits per heavy atom. The molecule has 0 saturated heterocycles. The summed E-state index contributed by atoms with van der Waals surface area (Å²) in [6.07, 6.45) is 5.95. The predicted molar refractivity (Wildman–Crippen MR) is 101 cm³/mol. The van der Waals surface area contributed by atoms with E-state index in [0.29, 0.717) is 6.61 Å². The number of carbonyl (C=O) groups is 1. The quantitative estimate of drug-likeness (QED) is 0.534. The van der Waals surface area contributed by atoms with Crippen molar-refractivity contribution in [1.29, 1.82) is 0 Å². The van der Waals surface area contributed by atoms with Gasteiger partial charge in [0.1, 0.15) is 0 Å². The van der Waals surface area contributed by atoms with Crippen molar-refractivity contribution < 1.29 is 9.53 Å². The molecule has 1 aliphatic rings. The van der Waals surface area contributed by atoms with Crippen LogP contribution in [-0.4, -0.2) is 12.6 Å². The zero-order valence-corrected chi connectivity index (χ0v) is 16.3. The van der Waals surface area contributed by atoms with Crippen LogP contribution in [0.2, 0.25) is 0 Å². The Morgan fingerprint density at radius 3 is 2.46 bits per heavy atom. The second kappa shape index (κ2) is 6.74. The Morgan fingerprint density at radius 2 is 1.83 bits per heavy atom. The highest BCUT2D eigenvalue weighted by atomic mass is 16.5. The van der Waals surface area contributed by atoms with Crippen LogP contribution in [0.4, 0.5) is 0 Å². The Balaban J connectivity index is 2.51. The van der Waals surface area contributed by atoms with E-state index in [2.05, 4.69) is 53.7 Å². The first kappa shape index (κ1) is 18.8. The highest BCUT2D eigenvalue weighted by Crippen LogP contribution is 2.48. The highest BCUT2D eigenvalue weighted by molar-refractivity contribution is 5.82. The summed E-state index contributed by atoms with van der Waals surface area (Å²) in [5, 5.41) is 0. The number of hydrogen-bond acceptors (Lipinski definition) is 2. The van der Waals surface area contributed by atoms with Crippen molar-refractivity contribution in [2.45, 2.75) is 78.1 Å². The van der Waals surface area contributed by atoms with Crippen molar-refractivity contribution >= 4 is 5.97 Å². The smallest absolute Gasteiger partial charge is 0.330 e. The largest absolute Gasteiger partial charge is 0.463 e. The molecule has 0 spiro atoms. The molecule has 0 radical (unpaired) electrons. The zero-order chi connectivity index (χ0) is 18.1. The van der Waals surface area contributed by atoms with Gasteiger partial charge in [-0.2, -0.15) is 0 Å². The lowest BCUT2D eigenvalue weighted by atomic mass is 9.61. The molecular weight excluding hydrogens is 296 g/mol. The molecule has 132 valence electrons. The van der Waals surface area contributed by atoms with Crippen LogP contribution in [0.25, 0.3) is 0 Å². The van der Waals surface area contributed by atoms with Gasteiger partial charge in [-0.15, -0.1) is 0 Å². The van der Waals surface area contributed by atoms with Crippen molar-refractivity contribution in [2.75, 3.05) is 6.61 Å². The maximum atomic E-state index is 11.7. The number of allylic oxidation sites excluding steroid dienone is 1. The third-order valence-electron chi connectivity index (χ3n) is 5.39. The van der Waals surface area contributed by atoms with Gasteiger partial charge >= 0.3 is 5.97 Å².